The molecule has 0 aromatic carbocycles. The summed E-state index contributed by atoms with van der Waals surface area (Å²) in [7, 11) is 1.67. The Labute approximate surface area is 103 Å². The molecule has 1 rings (SSSR count). The zero-order valence-corrected chi connectivity index (χ0v) is 10.9. The monoisotopic (exact) mass is 243 g/mol. The molecule has 0 heterocycles. The van der Waals surface area contributed by atoms with Crippen LogP contribution in [0.25, 0.3) is 0 Å². The van der Waals surface area contributed by atoms with Crippen molar-refractivity contribution in [2.75, 3.05) is 20.3 Å². The van der Waals surface area contributed by atoms with Gasteiger partial charge in [-0.25, -0.2) is 0 Å². The SMILES string of the molecule is COCCNC(=S)N/N=C1/CCCC[C@@H]1C. The van der Waals surface area contributed by atoms with Crippen molar-refractivity contribution in [1.82, 2.24) is 10.7 Å². The molecule has 4 nitrogen and oxygen atoms in total. The van der Waals surface area contributed by atoms with Gasteiger partial charge in [-0.1, -0.05) is 13.3 Å². The van der Waals surface area contributed by atoms with Crippen molar-refractivity contribution < 1.29 is 4.74 Å². The number of methoxy groups -OCH3 is 1. The van der Waals surface area contributed by atoms with E-state index in [0.717, 1.165) is 6.42 Å². The van der Waals surface area contributed by atoms with E-state index < -0.39 is 0 Å². The average molecular weight is 243 g/mol. The van der Waals surface area contributed by atoms with E-state index in [0.29, 0.717) is 24.2 Å². The molecule has 1 atom stereocenters. The van der Waals surface area contributed by atoms with Gasteiger partial charge in [0, 0.05) is 19.4 Å². The summed E-state index contributed by atoms with van der Waals surface area (Å²) >= 11 is 5.09. The third-order valence-corrected chi connectivity index (χ3v) is 3.02. The second-order valence-corrected chi connectivity index (χ2v) is 4.52. The molecular formula is C11H21N3OS. The largest absolute Gasteiger partial charge is 0.383 e. The number of hydrogen-bond donors (Lipinski definition) is 2. The highest BCUT2D eigenvalue weighted by atomic mass is 32.1. The number of ether oxygens (including phenoxy) is 1. The van der Waals surface area contributed by atoms with Crippen LogP contribution in [0.5, 0.6) is 0 Å². The topological polar surface area (TPSA) is 45.6 Å². The lowest BCUT2D eigenvalue weighted by Gasteiger charge is -2.20. The van der Waals surface area contributed by atoms with Gasteiger partial charge in [0.2, 0.25) is 0 Å². The Bertz CT molecular complexity index is 256. The predicted molar refractivity (Wildman–Crippen MR) is 70.7 cm³/mol. The van der Waals surface area contributed by atoms with Crippen molar-refractivity contribution >= 4 is 23.0 Å². The van der Waals surface area contributed by atoms with Gasteiger partial charge in [0.25, 0.3) is 0 Å². The molecule has 5 heteroatoms. The quantitative estimate of drug-likeness (QED) is 0.448. The van der Waals surface area contributed by atoms with Crippen molar-refractivity contribution in [1.29, 1.82) is 0 Å². The first-order valence-corrected chi connectivity index (χ1v) is 6.24. The van der Waals surface area contributed by atoms with E-state index >= 15 is 0 Å². The van der Waals surface area contributed by atoms with Crippen LogP contribution in [0.1, 0.15) is 32.6 Å². The smallest absolute Gasteiger partial charge is 0.187 e. The molecule has 1 fully saturated rings. The molecule has 0 saturated heterocycles. The number of thiocarbonyl (C=S) groups is 1. The van der Waals surface area contributed by atoms with Crippen LogP contribution >= 0.6 is 12.2 Å². The van der Waals surface area contributed by atoms with Gasteiger partial charge in [-0.15, -0.1) is 0 Å². The van der Waals surface area contributed by atoms with Gasteiger partial charge in [-0.05, 0) is 37.4 Å². The molecule has 0 amide bonds. The van der Waals surface area contributed by atoms with E-state index in [1.54, 1.807) is 7.11 Å². The molecule has 0 spiro atoms. The second kappa shape index (κ2) is 7.57. The van der Waals surface area contributed by atoms with Crippen LogP contribution in [0.2, 0.25) is 0 Å². The Morgan fingerprint density at radius 3 is 3.06 bits per heavy atom. The molecule has 92 valence electrons. The second-order valence-electron chi connectivity index (χ2n) is 4.11. The fraction of sp³-hybridized carbons (Fsp3) is 0.818. The predicted octanol–water partition coefficient (Wildman–Crippen LogP) is 1.66. The molecule has 2 N–H and O–H groups in total. The summed E-state index contributed by atoms with van der Waals surface area (Å²) in [6.07, 6.45) is 4.89. The summed E-state index contributed by atoms with van der Waals surface area (Å²) in [5.74, 6) is 0.586. The van der Waals surface area contributed by atoms with Crippen molar-refractivity contribution in [3.05, 3.63) is 0 Å². The van der Waals surface area contributed by atoms with E-state index in [-0.39, 0.29) is 0 Å². The van der Waals surface area contributed by atoms with Crippen LogP contribution in [0.4, 0.5) is 0 Å². The average Bonchev–Trinajstić information content (AvgIpc) is 2.28. The number of rotatable bonds is 4. The summed E-state index contributed by atoms with van der Waals surface area (Å²) in [6.45, 7) is 3.58. The Hall–Kier alpha value is -0.680. The van der Waals surface area contributed by atoms with E-state index in [2.05, 4.69) is 22.8 Å². The van der Waals surface area contributed by atoms with Crippen molar-refractivity contribution in [2.24, 2.45) is 11.0 Å². The standard InChI is InChI=1S/C11H21N3OS/c1-9-5-3-4-6-10(9)13-14-11(16)12-7-8-15-2/h9H,3-8H2,1-2H3,(H2,12,14,16)/b13-10-/t9-/m0/s1. The van der Waals surface area contributed by atoms with Gasteiger partial charge in [0.15, 0.2) is 5.11 Å². The van der Waals surface area contributed by atoms with Crippen LogP contribution in [0.3, 0.4) is 0 Å². The minimum absolute atomic E-state index is 0.572. The highest BCUT2D eigenvalue weighted by Gasteiger charge is 2.15. The highest BCUT2D eigenvalue weighted by Crippen LogP contribution is 2.20. The van der Waals surface area contributed by atoms with Crippen LogP contribution in [-0.2, 0) is 4.74 Å². The number of hydrogen-bond acceptors (Lipinski definition) is 3. The molecule has 16 heavy (non-hydrogen) atoms. The summed E-state index contributed by atoms with van der Waals surface area (Å²) in [6, 6.07) is 0. The maximum Gasteiger partial charge on any atom is 0.187 e. The molecule has 1 aliphatic rings. The molecule has 0 bridgehead atoms. The van der Waals surface area contributed by atoms with Crippen LogP contribution in [0, 0.1) is 5.92 Å². The first-order chi connectivity index (χ1) is 7.74. The van der Waals surface area contributed by atoms with Gasteiger partial charge >= 0.3 is 0 Å². The zero-order valence-electron chi connectivity index (χ0n) is 10.1. The lowest BCUT2D eigenvalue weighted by atomic mass is 9.89. The van der Waals surface area contributed by atoms with Crippen LogP contribution in [0.15, 0.2) is 5.10 Å². The third kappa shape index (κ3) is 4.90. The molecule has 1 aliphatic carbocycles. The van der Waals surface area contributed by atoms with Crippen molar-refractivity contribution in [3.8, 4) is 0 Å². The highest BCUT2D eigenvalue weighted by molar-refractivity contribution is 7.80. The number of nitrogens with one attached hydrogen (secondary N) is 2. The van der Waals surface area contributed by atoms with E-state index in [1.807, 2.05) is 0 Å². The molecular weight excluding hydrogens is 222 g/mol. The first kappa shape index (κ1) is 13.4. The molecule has 1 saturated carbocycles. The molecule has 0 radical (unpaired) electrons. The van der Waals surface area contributed by atoms with Crippen LogP contribution < -0.4 is 10.7 Å². The van der Waals surface area contributed by atoms with E-state index in [9.17, 15) is 0 Å². The Morgan fingerprint density at radius 2 is 2.38 bits per heavy atom. The summed E-state index contributed by atoms with van der Waals surface area (Å²) in [5.41, 5.74) is 4.13. The summed E-state index contributed by atoms with van der Waals surface area (Å²) in [5, 5.41) is 7.96. The van der Waals surface area contributed by atoms with Crippen molar-refractivity contribution in [3.63, 3.8) is 0 Å². The Morgan fingerprint density at radius 1 is 1.56 bits per heavy atom. The first-order valence-electron chi connectivity index (χ1n) is 5.83. The van der Waals surface area contributed by atoms with E-state index in [4.69, 9.17) is 17.0 Å². The van der Waals surface area contributed by atoms with Gasteiger partial charge in [0.05, 0.1) is 6.61 Å². The lowest BCUT2D eigenvalue weighted by Crippen LogP contribution is -2.35. The lowest BCUT2D eigenvalue weighted by molar-refractivity contribution is 0.204. The Kier molecular flexibility index (Phi) is 6.33. The minimum atomic E-state index is 0.572. The van der Waals surface area contributed by atoms with Crippen LogP contribution in [-0.4, -0.2) is 31.1 Å². The molecule has 0 aromatic heterocycles. The molecule has 0 aromatic rings. The van der Waals surface area contributed by atoms with Gasteiger partial charge < -0.3 is 10.1 Å². The van der Waals surface area contributed by atoms with Gasteiger partial charge in [-0.3, -0.25) is 5.43 Å². The normalized spacial score (nSPS) is 23.1. The van der Waals surface area contributed by atoms with Gasteiger partial charge in [0.1, 0.15) is 0 Å². The minimum Gasteiger partial charge on any atom is -0.383 e. The third-order valence-electron chi connectivity index (χ3n) is 2.78. The number of nitrogens with zero attached hydrogens (tertiary/aromatic N) is 1. The summed E-state index contributed by atoms with van der Waals surface area (Å²) in [4.78, 5) is 0. The maximum atomic E-state index is 5.09. The fourth-order valence-electron chi connectivity index (χ4n) is 1.76. The zero-order chi connectivity index (χ0) is 11.8. The molecule has 0 aliphatic heterocycles. The van der Waals surface area contributed by atoms with Gasteiger partial charge in [-0.2, -0.15) is 5.10 Å². The van der Waals surface area contributed by atoms with E-state index in [1.165, 1.54) is 25.0 Å². The summed E-state index contributed by atoms with van der Waals surface area (Å²) < 4.78 is 4.92. The Balaban J connectivity index is 2.25. The fourth-order valence-corrected chi connectivity index (χ4v) is 1.91. The molecule has 0 unspecified atom stereocenters. The van der Waals surface area contributed by atoms with Crippen molar-refractivity contribution in [2.45, 2.75) is 32.6 Å². The number of hydrazone groups is 1. The maximum absolute atomic E-state index is 5.09.